The van der Waals surface area contributed by atoms with Crippen molar-refractivity contribution in [2.45, 2.75) is 24.2 Å². The van der Waals surface area contributed by atoms with Crippen LogP contribution < -0.4 is 10.6 Å². The Balaban J connectivity index is 2.21. The molecule has 1 heterocycles. The molecule has 0 aliphatic carbocycles. The topological polar surface area (TPSA) is 75.4 Å². The van der Waals surface area contributed by atoms with E-state index in [1.807, 2.05) is 0 Å². The molecule has 1 fully saturated rings. The molecule has 100 valence electrons. The lowest BCUT2D eigenvalue weighted by Gasteiger charge is -2.26. The highest BCUT2D eigenvalue weighted by molar-refractivity contribution is 7.89. The Hall–Kier alpha value is -0.820. The summed E-state index contributed by atoms with van der Waals surface area (Å²) in [6, 6.07) is 4.43. The number of hydrazine groups is 1. The summed E-state index contributed by atoms with van der Waals surface area (Å²) in [5, 5.41) is 1.88. The molecule has 5 nitrogen and oxygen atoms in total. The van der Waals surface area contributed by atoms with Gasteiger partial charge in [0.05, 0.1) is 5.02 Å². The molecule has 3 N–H and O–H groups in total. The number of anilines is 1. The predicted molar refractivity (Wildman–Crippen MR) is 71.6 cm³/mol. The third-order valence-corrected chi connectivity index (χ3v) is 4.71. The molecule has 0 unspecified atom stereocenters. The molecular formula is C11H16ClN3O2S. The fraction of sp³-hybridized carbons (Fsp3) is 0.455. The van der Waals surface area contributed by atoms with Gasteiger partial charge in [0.25, 0.3) is 10.0 Å². The monoisotopic (exact) mass is 289 g/mol. The fourth-order valence-corrected chi connectivity index (χ4v) is 3.59. The summed E-state index contributed by atoms with van der Waals surface area (Å²) < 4.78 is 24.4. The minimum Gasteiger partial charge on any atom is -0.399 e. The first-order chi connectivity index (χ1) is 8.49. The van der Waals surface area contributed by atoms with Gasteiger partial charge in [0.2, 0.25) is 0 Å². The number of rotatable bonds is 3. The van der Waals surface area contributed by atoms with E-state index in [2.05, 4.69) is 4.83 Å². The summed E-state index contributed by atoms with van der Waals surface area (Å²) >= 11 is 5.91. The zero-order valence-electron chi connectivity index (χ0n) is 9.89. The Morgan fingerprint density at radius 3 is 2.56 bits per heavy atom. The van der Waals surface area contributed by atoms with Crippen LogP contribution >= 0.6 is 11.6 Å². The first-order valence-electron chi connectivity index (χ1n) is 5.81. The third-order valence-electron chi connectivity index (χ3n) is 2.85. The lowest BCUT2D eigenvalue weighted by molar-refractivity contribution is 0.200. The van der Waals surface area contributed by atoms with Crippen LogP contribution in [0.25, 0.3) is 0 Å². The summed E-state index contributed by atoms with van der Waals surface area (Å²) in [6.07, 6.45) is 3.12. The Morgan fingerprint density at radius 2 is 1.89 bits per heavy atom. The van der Waals surface area contributed by atoms with E-state index in [1.165, 1.54) is 12.1 Å². The number of nitrogens with zero attached hydrogens (tertiary/aromatic N) is 1. The normalized spacial score (nSPS) is 17.8. The van der Waals surface area contributed by atoms with E-state index in [4.69, 9.17) is 17.3 Å². The Labute approximate surface area is 112 Å². The van der Waals surface area contributed by atoms with Gasteiger partial charge >= 0.3 is 0 Å². The maximum Gasteiger partial charge on any atom is 0.255 e. The second-order valence-electron chi connectivity index (χ2n) is 4.33. The van der Waals surface area contributed by atoms with Gasteiger partial charge in [0.15, 0.2) is 0 Å². The third kappa shape index (κ3) is 3.14. The fourth-order valence-electron chi connectivity index (χ4n) is 1.93. The maximum atomic E-state index is 12.2. The van der Waals surface area contributed by atoms with Crippen LogP contribution in [0.3, 0.4) is 0 Å². The van der Waals surface area contributed by atoms with Crippen LogP contribution in [0.1, 0.15) is 19.3 Å². The van der Waals surface area contributed by atoms with E-state index >= 15 is 0 Å². The average Bonchev–Trinajstić information content (AvgIpc) is 2.33. The molecule has 0 saturated carbocycles. The molecule has 0 radical (unpaired) electrons. The van der Waals surface area contributed by atoms with Crippen molar-refractivity contribution < 1.29 is 8.42 Å². The molecular weight excluding hydrogens is 274 g/mol. The van der Waals surface area contributed by atoms with Crippen LogP contribution in [0.15, 0.2) is 23.1 Å². The number of hydrogen-bond acceptors (Lipinski definition) is 4. The Bertz CT molecular complexity index is 527. The van der Waals surface area contributed by atoms with Crippen molar-refractivity contribution in [3.05, 3.63) is 23.2 Å². The Morgan fingerprint density at radius 1 is 1.22 bits per heavy atom. The molecule has 7 heteroatoms. The number of nitrogens with two attached hydrogens (primary N) is 1. The van der Waals surface area contributed by atoms with Crippen LogP contribution in [0.4, 0.5) is 5.69 Å². The van der Waals surface area contributed by atoms with Crippen LogP contribution in [0.5, 0.6) is 0 Å². The zero-order chi connectivity index (χ0) is 13.2. The van der Waals surface area contributed by atoms with E-state index in [0.29, 0.717) is 5.69 Å². The standard InChI is InChI=1S/C11H16ClN3O2S/c12-10-5-4-9(13)8-11(10)18(16,17)14-15-6-2-1-3-7-15/h4-5,8,14H,1-3,6-7,13H2. The Kier molecular flexibility index (Phi) is 4.11. The van der Waals surface area contributed by atoms with Gasteiger partial charge in [-0.05, 0) is 31.0 Å². The van der Waals surface area contributed by atoms with Crippen molar-refractivity contribution in [3.8, 4) is 0 Å². The highest BCUT2D eigenvalue weighted by atomic mass is 35.5. The van der Waals surface area contributed by atoms with Crippen molar-refractivity contribution >= 4 is 27.3 Å². The van der Waals surface area contributed by atoms with Crippen molar-refractivity contribution in [3.63, 3.8) is 0 Å². The van der Waals surface area contributed by atoms with Gasteiger partial charge in [0.1, 0.15) is 4.90 Å². The summed E-state index contributed by atoms with van der Waals surface area (Å²) in [5.74, 6) is 0. The molecule has 0 spiro atoms. The summed E-state index contributed by atoms with van der Waals surface area (Å²) in [4.78, 5) is 2.57. The molecule has 2 rings (SSSR count). The zero-order valence-corrected chi connectivity index (χ0v) is 11.5. The molecule has 1 aromatic rings. The molecule has 0 atom stereocenters. The second kappa shape index (κ2) is 5.44. The highest BCUT2D eigenvalue weighted by Crippen LogP contribution is 2.24. The lowest BCUT2D eigenvalue weighted by Crippen LogP contribution is -2.44. The van der Waals surface area contributed by atoms with Gasteiger partial charge < -0.3 is 5.73 Å². The molecule has 1 aliphatic heterocycles. The van der Waals surface area contributed by atoms with E-state index in [9.17, 15) is 8.42 Å². The number of halogens is 1. The van der Waals surface area contributed by atoms with Crippen LogP contribution in [0, 0.1) is 0 Å². The smallest absolute Gasteiger partial charge is 0.255 e. The van der Waals surface area contributed by atoms with Crippen molar-refractivity contribution in [1.29, 1.82) is 0 Å². The van der Waals surface area contributed by atoms with E-state index in [-0.39, 0.29) is 9.92 Å². The second-order valence-corrected chi connectivity index (χ2v) is 6.37. The minimum absolute atomic E-state index is 0.0229. The molecule has 18 heavy (non-hydrogen) atoms. The summed E-state index contributed by atoms with van der Waals surface area (Å²) in [7, 11) is -3.65. The average molecular weight is 290 g/mol. The molecule has 0 aromatic heterocycles. The quantitative estimate of drug-likeness (QED) is 0.829. The number of hydrogen-bond donors (Lipinski definition) is 2. The SMILES string of the molecule is Nc1ccc(Cl)c(S(=O)(=O)NN2CCCCC2)c1. The van der Waals surface area contributed by atoms with E-state index < -0.39 is 10.0 Å². The largest absolute Gasteiger partial charge is 0.399 e. The van der Waals surface area contributed by atoms with Gasteiger partial charge in [-0.3, -0.25) is 0 Å². The van der Waals surface area contributed by atoms with Gasteiger partial charge in [-0.1, -0.05) is 18.0 Å². The van der Waals surface area contributed by atoms with E-state index in [1.54, 1.807) is 11.1 Å². The van der Waals surface area contributed by atoms with Crippen LogP contribution in [-0.2, 0) is 10.0 Å². The first kappa shape index (κ1) is 13.6. The van der Waals surface area contributed by atoms with Crippen molar-refractivity contribution in [2.24, 2.45) is 0 Å². The van der Waals surface area contributed by atoms with Gasteiger partial charge in [-0.25, -0.2) is 13.4 Å². The minimum atomic E-state index is -3.65. The summed E-state index contributed by atoms with van der Waals surface area (Å²) in [6.45, 7) is 1.44. The first-order valence-corrected chi connectivity index (χ1v) is 7.67. The van der Waals surface area contributed by atoms with Crippen molar-refractivity contribution in [1.82, 2.24) is 9.84 Å². The van der Waals surface area contributed by atoms with E-state index in [0.717, 1.165) is 32.4 Å². The van der Waals surface area contributed by atoms with Crippen LogP contribution in [0.2, 0.25) is 5.02 Å². The number of piperidine rings is 1. The van der Waals surface area contributed by atoms with Gasteiger partial charge in [-0.2, -0.15) is 0 Å². The number of nitrogens with one attached hydrogen (secondary N) is 1. The van der Waals surface area contributed by atoms with Gasteiger partial charge in [-0.15, -0.1) is 4.83 Å². The van der Waals surface area contributed by atoms with Crippen molar-refractivity contribution in [2.75, 3.05) is 18.8 Å². The molecule has 1 aliphatic rings. The van der Waals surface area contributed by atoms with Gasteiger partial charge in [0, 0.05) is 18.8 Å². The number of sulfonamides is 1. The molecule has 0 amide bonds. The lowest BCUT2D eigenvalue weighted by atomic mass is 10.2. The molecule has 0 bridgehead atoms. The number of benzene rings is 1. The highest BCUT2D eigenvalue weighted by Gasteiger charge is 2.22. The molecule has 1 aromatic carbocycles. The van der Waals surface area contributed by atoms with Crippen LogP contribution in [-0.4, -0.2) is 26.5 Å². The number of nitrogen functional groups attached to an aromatic ring is 1. The summed E-state index contributed by atoms with van der Waals surface area (Å²) in [5.41, 5.74) is 5.97. The maximum absolute atomic E-state index is 12.2. The molecule has 1 saturated heterocycles. The predicted octanol–water partition coefficient (Wildman–Crippen LogP) is 1.60.